The Morgan fingerprint density at radius 2 is 1.09 bits per heavy atom. The van der Waals surface area contributed by atoms with Gasteiger partial charge in [0.05, 0.1) is 45.4 Å². The Balaban J connectivity index is 0.000000241. The second kappa shape index (κ2) is 19.5. The van der Waals surface area contributed by atoms with Crippen LogP contribution in [0.25, 0.3) is 22.5 Å². The Morgan fingerprint density at radius 1 is 0.672 bits per heavy atom. The van der Waals surface area contributed by atoms with Crippen molar-refractivity contribution < 1.29 is 55.6 Å². The summed E-state index contributed by atoms with van der Waals surface area (Å²) in [6.07, 6.45) is -2.42. The number of benzene rings is 2. The van der Waals surface area contributed by atoms with Gasteiger partial charge in [0, 0.05) is 60.6 Å². The first kappa shape index (κ1) is 49.2. The number of aromatic nitrogens is 2. The summed E-state index contributed by atoms with van der Waals surface area (Å²) in [5, 5.41) is 0. The van der Waals surface area contributed by atoms with Crippen molar-refractivity contribution in [3.05, 3.63) is 91.5 Å². The molecule has 0 N–H and O–H groups in total. The van der Waals surface area contributed by atoms with E-state index < -0.39 is 41.8 Å². The largest absolute Gasteiger partial charge is 0.493 e. The lowest BCUT2D eigenvalue weighted by Gasteiger charge is -2.39. The molecule has 4 aromatic rings. The van der Waals surface area contributed by atoms with Crippen molar-refractivity contribution in [3.63, 3.8) is 0 Å². The highest BCUT2D eigenvalue weighted by molar-refractivity contribution is 5.90. The van der Waals surface area contributed by atoms with Crippen molar-refractivity contribution in [2.24, 2.45) is 10.8 Å². The van der Waals surface area contributed by atoms with Crippen LogP contribution in [-0.4, -0.2) is 67.6 Å². The number of hydrogen-bond acceptors (Lipinski definition) is 10. The molecule has 0 amide bonds. The van der Waals surface area contributed by atoms with E-state index in [1.54, 1.807) is 44.3 Å². The van der Waals surface area contributed by atoms with E-state index in [2.05, 4.69) is 20.8 Å². The molecule has 0 saturated heterocycles. The van der Waals surface area contributed by atoms with Crippen LogP contribution in [0, 0.1) is 10.8 Å². The fraction of sp³-hybridized carbons (Fsp3) is 0.500. The van der Waals surface area contributed by atoms with Gasteiger partial charge in [0.2, 0.25) is 6.43 Å². The third-order valence-corrected chi connectivity index (χ3v) is 11.2. The summed E-state index contributed by atoms with van der Waals surface area (Å²) in [5.41, 5.74) is 2.95. The second-order valence-corrected chi connectivity index (χ2v) is 17.7. The zero-order chi connectivity index (χ0) is 47.5. The molecule has 2 unspecified atom stereocenters. The predicted octanol–water partition coefficient (Wildman–Crippen LogP) is 10.1. The van der Waals surface area contributed by atoms with Gasteiger partial charge in [-0.3, -0.25) is 9.59 Å². The SMILES string of the molecule is CCOC(=O)c1cn2c(cc1=O)-c1cc(OC)c(OC(F)(F)CC)cc1CC2C(C)(C)C.CCOC(=O)c1cn2c(cc1=O)-c1cc(OC)c(OCCC(F)F)cc1CC2C(C)(C)C. The lowest BCUT2D eigenvalue weighted by atomic mass is 9.78. The average Bonchev–Trinajstić information content (AvgIpc) is 3.21. The summed E-state index contributed by atoms with van der Waals surface area (Å²) in [4.78, 5) is 50.1. The summed E-state index contributed by atoms with van der Waals surface area (Å²) in [6, 6.07) is 9.33. The molecule has 6 rings (SSSR count). The van der Waals surface area contributed by atoms with Crippen LogP contribution in [0.3, 0.4) is 0 Å². The van der Waals surface area contributed by atoms with E-state index in [0.717, 1.165) is 16.7 Å². The van der Waals surface area contributed by atoms with Gasteiger partial charge in [0.1, 0.15) is 11.1 Å². The number of carbonyl (C=O) groups is 2. The maximum Gasteiger partial charge on any atom is 0.397 e. The van der Waals surface area contributed by atoms with E-state index in [1.165, 1.54) is 39.5 Å². The van der Waals surface area contributed by atoms with Gasteiger partial charge in [0.15, 0.2) is 33.9 Å². The van der Waals surface area contributed by atoms with Crippen LogP contribution in [0.4, 0.5) is 17.6 Å². The van der Waals surface area contributed by atoms with Gasteiger partial charge in [0.25, 0.3) is 0 Å². The molecule has 0 spiro atoms. The van der Waals surface area contributed by atoms with Gasteiger partial charge in [-0.2, -0.15) is 8.78 Å². The fourth-order valence-electron chi connectivity index (χ4n) is 7.85. The highest BCUT2D eigenvalue weighted by Gasteiger charge is 2.37. The number of alkyl halides is 4. The van der Waals surface area contributed by atoms with Crippen LogP contribution in [0.5, 0.6) is 23.0 Å². The first-order chi connectivity index (χ1) is 30.0. The molecule has 4 heterocycles. The summed E-state index contributed by atoms with van der Waals surface area (Å²) < 4.78 is 88.2. The number of esters is 2. The Morgan fingerprint density at radius 3 is 1.47 bits per heavy atom. The van der Waals surface area contributed by atoms with Gasteiger partial charge in [-0.05, 0) is 72.9 Å². The van der Waals surface area contributed by atoms with Gasteiger partial charge >= 0.3 is 18.0 Å². The number of ether oxygens (including phenoxy) is 6. The van der Waals surface area contributed by atoms with Crippen LogP contribution in [0.1, 0.15) is 119 Å². The Bertz CT molecular complexity index is 2480. The molecule has 0 fully saturated rings. The zero-order valence-electron chi connectivity index (χ0n) is 38.3. The van der Waals surface area contributed by atoms with Crippen LogP contribution < -0.4 is 29.8 Å². The highest BCUT2D eigenvalue weighted by atomic mass is 19.3. The summed E-state index contributed by atoms with van der Waals surface area (Å²) in [6.45, 7) is 17.3. The molecule has 2 aliphatic rings. The van der Waals surface area contributed by atoms with Crippen LogP contribution >= 0.6 is 0 Å². The Hall–Kier alpha value is -5.80. The molecular weight excluding hydrogens is 841 g/mol. The number of rotatable bonds is 13. The molecule has 0 radical (unpaired) electrons. The summed E-state index contributed by atoms with van der Waals surface area (Å²) >= 11 is 0. The number of halogens is 4. The minimum absolute atomic E-state index is 0.00721. The first-order valence-electron chi connectivity index (χ1n) is 21.2. The van der Waals surface area contributed by atoms with Crippen molar-refractivity contribution in [1.82, 2.24) is 9.13 Å². The van der Waals surface area contributed by atoms with Gasteiger partial charge in [-0.15, -0.1) is 0 Å². The van der Waals surface area contributed by atoms with Crippen molar-refractivity contribution in [2.75, 3.05) is 34.0 Å². The number of pyridine rings is 2. The minimum atomic E-state index is -3.33. The molecule has 0 saturated carbocycles. The molecule has 0 aliphatic carbocycles. The standard InChI is InChI=1S/2C24H29F2NO5/c1-7-24(25,26)32-20-9-14-10-21(23(3,4)5)27-13-16(22(29)31-8-2)18(28)12-17(27)15(14)11-19(20)30-6;1-6-31-23(29)16-13-27-17(12-18(16)28)15-11-19(30-5)20(32-8-7-22(25)26)9-14(15)10-21(27)24(2,3)4/h9,11-13,21H,7-8,10H2,1-6H3;9,11-13,21-22H,6-8,10H2,1-5H3. The fourth-order valence-corrected chi connectivity index (χ4v) is 7.85. The number of fused-ring (bicyclic) bond motifs is 6. The van der Waals surface area contributed by atoms with E-state index in [-0.39, 0.29) is 71.8 Å². The van der Waals surface area contributed by atoms with E-state index in [4.69, 9.17) is 28.4 Å². The van der Waals surface area contributed by atoms with Gasteiger partial charge in [-0.1, -0.05) is 48.5 Å². The number of nitrogens with zero attached hydrogens (tertiary/aromatic N) is 2. The van der Waals surface area contributed by atoms with Crippen molar-refractivity contribution >= 4 is 11.9 Å². The van der Waals surface area contributed by atoms with E-state index >= 15 is 0 Å². The topological polar surface area (TPSA) is 134 Å². The lowest BCUT2D eigenvalue weighted by Crippen LogP contribution is -2.33. The third kappa shape index (κ3) is 10.8. The summed E-state index contributed by atoms with van der Waals surface area (Å²) in [5.74, 6) is -0.454. The summed E-state index contributed by atoms with van der Waals surface area (Å²) in [7, 11) is 2.84. The van der Waals surface area contributed by atoms with Crippen molar-refractivity contribution in [1.29, 1.82) is 0 Å². The first-order valence-corrected chi connectivity index (χ1v) is 21.2. The maximum absolute atomic E-state index is 14.0. The van der Waals surface area contributed by atoms with E-state index in [0.29, 0.717) is 41.3 Å². The van der Waals surface area contributed by atoms with Crippen molar-refractivity contribution in [3.8, 4) is 45.5 Å². The third-order valence-electron chi connectivity index (χ3n) is 11.2. The van der Waals surface area contributed by atoms with Gasteiger partial charge in [-0.25, -0.2) is 18.4 Å². The molecular formula is C48H58F4N2O10. The molecule has 12 nitrogen and oxygen atoms in total. The zero-order valence-corrected chi connectivity index (χ0v) is 38.3. The maximum atomic E-state index is 14.0. The molecule has 2 aromatic carbocycles. The normalized spacial score (nSPS) is 15.4. The van der Waals surface area contributed by atoms with Crippen molar-refractivity contribution in [2.45, 2.75) is 113 Å². The molecule has 16 heteroatoms. The highest BCUT2D eigenvalue weighted by Crippen LogP contribution is 2.48. The number of methoxy groups -OCH3 is 2. The predicted molar refractivity (Wildman–Crippen MR) is 234 cm³/mol. The van der Waals surface area contributed by atoms with Crippen LogP contribution in [0.2, 0.25) is 0 Å². The number of carbonyl (C=O) groups excluding carboxylic acids is 2. The lowest BCUT2D eigenvalue weighted by molar-refractivity contribution is -0.178. The van der Waals surface area contributed by atoms with E-state index in [1.807, 2.05) is 29.9 Å². The number of hydrogen-bond donors (Lipinski definition) is 0. The molecule has 64 heavy (non-hydrogen) atoms. The van der Waals surface area contributed by atoms with E-state index in [9.17, 15) is 36.7 Å². The van der Waals surface area contributed by atoms with Crippen LogP contribution in [-0.2, 0) is 22.3 Å². The molecule has 2 atom stereocenters. The molecule has 2 aromatic heterocycles. The molecule has 2 aliphatic heterocycles. The average molecular weight is 899 g/mol. The monoisotopic (exact) mass is 898 g/mol. The Labute approximate surface area is 370 Å². The van der Waals surface area contributed by atoms with Crippen LogP contribution in [0.15, 0.2) is 58.4 Å². The smallest absolute Gasteiger partial charge is 0.397 e. The quantitative estimate of drug-likeness (QED) is 0.0943. The second-order valence-electron chi connectivity index (χ2n) is 17.7. The van der Waals surface area contributed by atoms with Gasteiger partial charge < -0.3 is 37.6 Å². The Kier molecular flexibility index (Phi) is 15.0. The minimum Gasteiger partial charge on any atom is -0.493 e. The molecule has 348 valence electrons. The molecule has 0 bridgehead atoms.